The van der Waals surface area contributed by atoms with Crippen molar-refractivity contribution in [2.75, 3.05) is 24.2 Å². The zero-order valence-corrected chi connectivity index (χ0v) is 27.0. The maximum absolute atomic E-state index is 13.9. The topological polar surface area (TPSA) is 128 Å². The van der Waals surface area contributed by atoms with Crippen LogP contribution >= 0.6 is 0 Å². The fraction of sp³-hybridized carbons (Fsp3) is 0.278. The summed E-state index contributed by atoms with van der Waals surface area (Å²) in [5.41, 5.74) is 4.55. The van der Waals surface area contributed by atoms with Gasteiger partial charge in [-0.15, -0.1) is 0 Å². The van der Waals surface area contributed by atoms with E-state index in [0.717, 1.165) is 32.8 Å². The molecule has 0 aromatic heterocycles. The number of aliphatic hydroxyl groups is 1. The summed E-state index contributed by atoms with van der Waals surface area (Å²) >= 11 is 0. The largest absolute Gasteiger partial charge is 0.391 e. The molecule has 0 fully saturated rings. The van der Waals surface area contributed by atoms with E-state index in [4.69, 9.17) is 0 Å². The molecule has 0 saturated heterocycles. The molecule has 0 spiro atoms. The fourth-order valence-electron chi connectivity index (χ4n) is 5.78. The third-order valence-electron chi connectivity index (χ3n) is 8.40. The van der Waals surface area contributed by atoms with Crippen LogP contribution in [-0.4, -0.2) is 57.3 Å². The van der Waals surface area contributed by atoms with Gasteiger partial charge >= 0.3 is 0 Å². The van der Waals surface area contributed by atoms with Crippen molar-refractivity contribution in [3.63, 3.8) is 0 Å². The molecule has 4 aromatic rings. The van der Waals surface area contributed by atoms with Crippen LogP contribution in [0.15, 0.2) is 103 Å². The number of anilines is 1. The maximum Gasteiger partial charge on any atom is 0.251 e. The molecule has 1 aliphatic rings. The average Bonchev–Trinajstić information content (AvgIpc) is 3.37. The van der Waals surface area contributed by atoms with Gasteiger partial charge in [0.25, 0.3) is 11.8 Å². The van der Waals surface area contributed by atoms with E-state index in [1.807, 2.05) is 91.9 Å². The third-order valence-corrected chi connectivity index (χ3v) is 9.60. The Labute approximate surface area is 270 Å². The van der Waals surface area contributed by atoms with E-state index in [1.165, 1.54) is 25.2 Å². The second kappa shape index (κ2) is 14.3. The molecule has 9 nitrogen and oxygen atoms in total. The Kier molecular flexibility index (Phi) is 10.2. The van der Waals surface area contributed by atoms with Gasteiger partial charge < -0.3 is 21.1 Å². The minimum atomic E-state index is -3.68. The molecule has 4 N–H and O–H groups in total. The van der Waals surface area contributed by atoms with Crippen LogP contribution in [0.1, 0.15) is 62.0 Å². The lowest BCUT2D eigenvalue weighted by Crippen LogP contribution is -2.45. The molecule has 46 heavy (non-hydrogen) atoms. The maximum atomic E-state index is 13.9. The molecule has 5 rings (SSSR count). The lowest BCUT2D eigenvalue weighted by atomic mass is 10.0. The van der Waals surface area contributed by atoms with Gasteiger partial charge in [0.15, 0.2) is 0 Å². The Balaban J connectivity index is 1.40. The number of benzene rings is 4. The van der Waals surface area contributed by atoms with Crippen molar-refractivity contribution in [1.82, 2.24) is 16.0 Å². The number of hydrogen-bond acceptors (Lipinski definition) is 6. The number of nitrogens with one attached hydrogen (secondary N) is 3. The first-order chi connectivity index (χ1) is 22.0. The zero-order chi connectivity index (χ0) is 32.8. The monoisotopic (exact) mass is 640 g/mol. The molecular formula is C36H40N4O5S. The van der Waals surface area contributed by atoms with Crippen LogP contribution < -0.4 is 20.3 Å². The second-order valence-electron chi connectivity index (χ2n) is 11.8. The Morgan fingerprint density at radius 3 is 2.11 bits per heavy atom. The number of rotatable bonds is 12. The molecule has 0 radical (unpaired) electrons. The van der Waals surface area contributed by atoms with Crippen LogP contribution in [0.3, 0.4) is 0 Å². The SMILES string of the molecule is C[C@@H](NC(=O)c1cc(C(=O)N[C@H](CN[C@@H]2c3ccccc3C[C@@H]2O)Cc2ccccc2)cc(N(C)S(C)(=O)=O)c1)c1ccccc1. The first-order valence-corrected chi connectivity index (χ1v) is 17.1. The Morgan fingerprint density at radius 2 is 1.46 bits per heavy atom. The number of aliphatic hydroxyl groups excluding tert-OH is 1. The van der Waals surface area contributed by atoms with Gasteiger partial charge in [0.1, 0.15) is 0 Å². The van der Waals surface area contributed by atoms with E-state index >= 15 is 0 Å². The average molecular weight is 641 g/mol. The van der Waals surface area contributed by atoms with Gasteiger partial charge in [0.05, 0.1) is 30.1 Å². The third kappa shape index (κ3) is 8.00. The van der Waals surface area contributed by atoms with Gasteiger partial charge in [-0.05, 0) is 53.8 Å². The Morgan fingerprint density at radius 1 is 0.870 bits per heavy atom. The summed E-state index contributed by atoms with van der Waals surface area (Å²) < 4.78 is 26.0. The summed E-state index contributed by atoms with van der Waals surface area (Å²) in [5, 5.41) is 20.3. The van der Waals surface area contributed by atoms with Gasteiger partial charge in [-0.1, -0.05) is 84.9 Å². The van der Waals surface area contributed by atoms with Crippen LogP contribution in [0, 0.1) is 0 Å². The number of carbonyl (C=O) groups excluding carboxylic acids is 2. The van der Waals surface area contributed by atoms with Crippen LogP contribution in [0.5, 0.6) is 0 Å². The number of amides is 2. The summed E-state index contributed by atoms with van der Waals surface area (Å²) in [6.45, 7) is 2.22. The van der Waals surface area contributed by atoms with Crippen molar-refractivity contribution in [3.8, 4) is 0 Å². The normalized spacial score (nSPS) is 17.0. The minimum Gasteiger partial charge on any atom is -0.391 e. The Hall–Kier alpha value is -4.51. The molecule has 1 aliphatic carbocycles. The van der Waals surface area contributed by atoms with E-state index < -0.39 is 27.9 Å². The smallest absolute Gasteiger partial charge is 0.251 e. The summed E-state index contributed by atoms with van der Waals surface area (Å²) in [6.07, 6.45) is 1.54. The highest BCUT2D eigenvalue weighted by atomic mass is 32.2. The molecular weight excluding hydrogens is 600 g/mol. The first kappa shape index (κ1) is 32.9. The number of nitrogens with zero attached hydrogens (tertiary/aromatic N) is 1. The van der Waals surface area contributed by atoms with E-state index in [1.54, 1.807) is 0 Å². The molecule has 0 unspecified atom stereocenters. The van der Waals surface area contributed by atoms with Crippen molar-refractivity contribution in [1.29, 1.82) is 0 Å². The molecule has 2 amide bonds. The van der Waals surface area contributed by atoms with Crippen LogP contribution in [0.2, 0.25) is 0 Å². The fourth-order valence-corrected chi connectivity index (χ4v) is 6.27. The molecule has 4 aromatic carbocycles. The molecule has 0 bridgehead atoms. The van der Waals surface area contributed by atoms with Crippen LogP contribution in [0.4, 0.5) is 5.69 Å². The molecule has 0 saturated carbocycles. The van der Waals surface area contributed by atoms with Crippen LogP contribution in [0.25, 0.3) is 0 Å². The standard InChI is InChI=1S/C36H40N4O5S/c1-24(26-14-8-5-9-15-26)38-35(42)28-19-29(21-31(20-28)40(2)46(3,44)45)36(43)39-30(18-25-12-6-4-7-13-25)23-37-34-32-17-11-10-16-27(32)22-33(34)41/h4-17,19-21,24,30,33-34,37,41H,18,22-23H2,1-3H3,(H,38,42)(H,39,43)/t24-,30+,33+,34-/m1/s1. The van der Waals surface area contributed by atoms with Crippen molar-refractivity contribution < 1.29 is 23.1 Å². The highest BCUT2D eigenvalue weighted by Gasteiger charge is 2.31. The molecule has 0 aliphatic heterocycles. The van der Waals surface area contributed by atoms with Crippen molar-refractivity contribution in [3.05, 3.63) is 137 Å². The van der Waals surface area contributed by atoms with Gasteiger partial charge in [-0.3, -0.25) is 13.9 Å². The second-order valence-corrected chi connectivity index (χ2v) is 13.8. The summed E-state index contributed by atoms with van der Waals surface area (Å²) in [5.74, 6) is -0.894. The van der Waals surface area contributed by atoms with E-state index in [2.05, 4.69) is 16.0 Å². The lowest BCUT2D eigenvalue weighted by Gasteiger charge is -2.25. The van der Waals surface area contributed by atoms with Gasteiger partial charge in [0.2, 0.25) is 10.0 Å². The van der Waals surface area contributed by atoms with Crippen LogP contribution in [-0.2, 0) is 22.9 Å². The molecule has 4 atom stereocenters. The molecule has 240 valence electrons. The lowest BCUT2D eigenvalue weighted by molar-refractivity contribution is 0.0932. The van der Waals surface area contributed by atoms with Gasteiger partial charge in [0, 0.05) is 37.2 Å². The highest BCUT2D eigenvalue weighted by molar-refractivity contribution is 7.92. The predicted octanol–water partition coefficient (Wildman–Crippen LogP) is 4.16. The summed E-state index contributed by atoms with van der Waals surface area (Å²) in [6, 6.07) is 30.6. The summed E-state index contributed by atoms with van der Waals surface area (Å²) in [4.78, 5) is 27.3. The van der Waals surface area contributed by atoms with Crippen molar-refractivity contribution >= 4 is 27.5 Å². The van der Waals surface area contributed by atoms with Gasteiger partial charge in [-0.2, -0.15) is 0 Å². The zero-order valence-electron chi connectivity index (χ0n) is 26.2. The van der Waals surface area contributed by atoms with Crippen molar-refractivity contribution in [2.45, 2.75) is 44.0 Å². The molecule has 0 heterocycles. The number of hydrogen-bond donors (Lipinski definition) is 4. The first-order valence-electron chi connectivity index (χ1n) is 15.3. The minimum absolute atomic E-state index is 0.148. The van der Waals surface area contributed by atoms with E-state index in [0.29, 0.717) is 19.4 Å². The predicted molar refractivity (Wildman–Crippen MR) is 180 cm³/mol. The number of fused-ring (bicyclic) bond motifs is 1. The quantitative estimate of drug-likeness (QED) is 0.184. The van der Waals surface area contributed by atoms with E-state index in [-0.39, 0.29) is 34.9 Å². The highest BCUT2D eigenvalue weighted by Crippen LogP contribution is 2.31. The van der Waals surface area contributed by atoms with Crippen molar-refractivity contribution in [2.24, 2.45) is 0 Å². The summed E-state index contributed by atoms with van der Waals surface area (Å²) in [7, 11) is -2.30. The number of sulfonamides is 1. The molecule has 10 heteroatoms. The van der Waals surface area contributed by atoms with Gasteiger partial charge in [-0.25, -0.2) is 8.42 Å². The Bertz CT molecular complexity index is 1780. The van der Waals surface area contributed by atoms with E-state index in [9.17, 15) is 23.1 Å². The number of carbonyl (C=O) groups is 2.